The van der Waals surface area contributed by atoms with Crippen LogP contribution >= 0.6 is 0 Å². The lowest BCUT2D eigenvalue weighted by Gasteiger charge is -2.30. The van der Waals surface area contributed by atoms with Crippen LogP contribution in [-0.2, 0) is 9.53 Å². The first kappa shape index (κ1) is 15.1. The third-order valence-electron chi connectivity index (χ3n) is 2.87. The van der Waals surface area contributed by atoms with Gasteiger partial charge in [-0.25, -0.2) is 22.8 Å². The van der Waals surface area contributed by atoms with Gasteiger partial charge in [-0.15, -0.1) is 0 Å². The van der Waals surface area contributed by atoms with Crippen molar-refractivity contribution in [3.63, 3.8) is 0 Å². The van der Waals surface area contributed by atoms with Gasteiger partial charge in [0.25, 0.3) is 0 Å². The van der Waals surface area contributed by atoms with Gasteiger partial charge in [0.15, 0.2) is 17.7 Å². The van der Waals surface area contributed by atoms with E-state index in [-0.39, 0.29) is 19.7 Å². The van der Waals surface area contributed by atoms with Crippen molar-refractivity contribution in [3.05, 3.63) is 29.6 Å². The van der Waals surface area contributed by atoms with Crippen LogP contribution in [0.2, 0.25) is 0 Å². The average Bonchev–Trinajstić information content (AvgIpc) is 2.42. The Hall–Kier alpha value is -2.29. The normalized spacial score (nSPS) is 18.4. The predicted octanol–water partition coefficient (Wildman–Crippen LogP) is 1.42. The molecule has 0 aliphatic carbocycles. The summed E-state index contributed by atoms with van der Waals surface area (Å²) in [6.45, 7) is -0.204. The number of carbonyl (C=O) groups excluding carboxylic acids is 1. The van der Waals surface area contributed by atoms with E-state index in [1.807, 2.05) is 5.32 Å². The highest BCUT2D eigenvalue weighted by Gasteiger charge is 2.29. The monoisotopic (exact) mass is 304 g/mol. The lowest BCUT2D eigenvalue weighted by Crippen LogP contribution is -2.50. The molecular formula is C12H11F3N2O4. The second kappa shape index (κ2) is 6.00. The zero-order valence-electron chi connectivity index (χ0n) is 10.6. The van der Waals surface area contributed by atoms with Crippen LogP contribution in [-0.4, -0.2) is 47.8 Å². The first-order valence-electron chi connectivity index (χ1n) is 5.93. The molecule has 0 spiro atoms. The number of carboxylic acid groups (broad SMARTS) is 1. The Labute approximate surface area is 117 Å². The number of carboxylic acids is 1. The van der Waals surface area contributed by atoms with Crippen LogP contribution in [0.15, 0.2) is 12.1 Å². The summed E-state index contributed by atoms with van der Waals surface area (Å²) in [5, 5.41) is 10.8. The van der Waals surface area contributed by atoms with E-state index in [0.29, 0.717) is 12.1 Å². The number of anilines is 1. The van der Waals surface area contributed by atoms with Crippen molar-refractivity contribution in [1.82, 2.24) is 4.90 Å². The number of rotatable bonds is 2. The van der Waals surface area contributed by atoms with E-state index in [9.17, 15) is 22.8 Å². The summed E-state index contributed by atoms with van der Waals surface area (Å²) in [6.07, 6.45) is -1.20. The van der Waals surface area contributed by atoms with E-state index in [2.05, 4.69) is 0 Å². The Morgan fingerprint density at radius 1 is 1.29 bits per heavy atom. The molecule has 6 nitrogen and oxygen atoms in total. The van der Waals surface area contributed by atoms with E-state index in [1.54, 1.807) is 0 Å². The van der Waals surface area contributed by atoms with Gasteiger partial charge >= 0.3 is 12.0 Å². The fraction of sp³-hybridized carbons (Fsp3) is 0.333. The number of benzene rings is 1. The van der Waals surface area contributed by atoms with Gasteiger partial charge in [0.05, 0.1) is 13.2 Å². The summed E-state index contributed by atoms with van der Waals surface area (Å²) >= 11 is 0. The molecule has 2 rings (SSSR count). The molecule has 0 saturated carbocycles. The van der Waals surface area contributed by atoms with E-state index in [4.69, 9.17) is 9.84 Å². The Bertz CT molecular complexity index is 559. The molecule has 1 aliphatic rings. The van der Waals surface area contributed by atoms with Crippen LogP contribution in [0.4, 0.5) is 23.7 Å². The van der Waals surface area contributed by atoms with Gasteiger partial charge in [-0.05, 0) is 0 Å². The average molecular weight is 304 g/mol. The third-order valence-corrected chi connectivity index (χ3v) is 2.87. The number of hydrogen-bond donors (Lipinski definition) is 2. The van der Waals surface area contributed by atoms with Crippen molar-refractivity contribution in [3.8, 4) is 0 Å². The van der Waals surface area contributed by atoms with Crippen LogP contribution in [0.25, 0.3) is 0 Å². The number of aliphatic carboxylic acids is 1. The van der Waals surface area contributed by atoms with E-state index in [0.717, 1.165) is 4.90 Å². The fourth-order valence-corrected chi connectivity index (χ4v) is 1.83. The van der Waals surface area contributed by atoms with Gasteiger partial charge in [-0.2, -0.15) is 0 Å². The molecule has 1 aromatic rings. The van der Waals surface area contributed by atoms with Gasteiger partial charge < -0.3 is 20.1 Å². The number of nitrogens with one attached hydrogen (secondary N) is 1. The van der Waals surface area contributed by atoms with Crippen molar-refractivity contribution in [1.29, 1.82) is 0 Å². The van der Waals surface area contributed by atoms with E-state index >= 15 is 0 Å². The summed E-state index contributed by atoms with van der Waals surface area (Å²) in [4.78, 5) is 23.7. The van der Waals surface area contributed by atoms with Gasteiger partial charge in [-0.3, -0.25) is 0 Å². The number of nitrogens with zero attached hydrogens (tertiary/aromatic N) is 1. The first-order chi connectivity index (χ1) is 9.88. The quantitative estimate of drug-likeness (QED) is 0.866. The van der Waals surface area contributed by atoms with Gasteiger partial charge in [0, 0.05) is 18.7 Å². The molecular weight excluding hydrogens is 293 g/mol. The molecule has 2 amide bonds. The molecule has 0 bridgehead atoms. The van der Waals surface area contributed by atoms with Crippen molar-refractivity contribution in [2.24, 2.45) is 0 Å². The molecule has 0 radical (unpaired) electrons. The minimum Gasteiger partial charge on any atom is -0.479 e. The molecule has 1 atom stereocenters. The number of ether oxygens (including phenoxy) is 1. The highest BCUT2D eigenvalue weighted by atomic mass is 19.1. The van der Waals surface area contributed by atoms with Crippen LogP contribution in [0.3, 0.4) is 0 Å². The number of amides is 2. The van der Waals surface area contributed by atoms with E-state index in [1.165, 1.54) is 0 Å². The maximum atomic E-state index is 13.4. The molecule has 2 N–H and O–H groups in total. The Balaban J connectivity index is 2.10. The van der Waals surface area contributed by atoms with Crippen LogP contribution in [0.5, 0.6) is 0 Å². The smallest absolute Gasteiger partial charge is 0.334 e. The Morgan fingerprint density at radius 3 is 2.48 bits per heavy atom. The fourth-order valence-electron chi connectivity index (χ4n) is 1.83. The van der Waals surface area contributed by atoms with Crippen LogP contribution in [0.1, 0.15) is 0 Å². The zero-order chi connectivity index (χ0) is 15.6. The lowest BCUT2D eigenvalue weighted by atomic mass is 10.2. The number of hydrogen-bond acceptors (Lipinski definition) is 3. The molecule has 1 aliphatic heterocycles. The van der Waals surface area contributed by atoms with Crippen LogP contribution < -0.4 is 5.32 Å². The molecule has 114 valence electrons. The largest absolute Gasteiger partial charge is 0.479 e. The van der Waals surface area contributed by atoms with Crippen molar-refractivity contribution in [2.45, 2.75) is 6.10 Å². The SMILES string of the molecule is O=C(O)C1CN(C(=O)Nc2c(F)cc(F)cc2F)CCO1. The lowest BCUT2D eigenvalue weighted by molar-refractivity contribution is -0.154. The van der Waals surface area contributed by atoms with Crippen LogP contribution in [0, 0.1) is 17.5 Å². The topological polar surface area (TPSA) is 78.9 Å². The van der Waals surface area contributed by atoms with Gasteiger partial charge in [-0.1, -0.05) is 0 Å². The summed E-state index contributed by atoms with van der Waals surface area (Å²) in [5.74, 6) is -4.88. The Morgan fingerprint density at radius 2 is 1.90 bits per heavy atom. The van der Waals surface area contributed by atoms with Gasteiger partial charge in [0.1, 0.15) is 11.5 Å². The second-order valence-electron chi connectivity index (χ2n) is 4.32. The number of carbonyl (C=O) groups is 2. The van der Waals surface area contributed by atoms with Gasteiger partial charge in [0.2, 0.25) is 0 Å². The molecule has 21 heavy (non-hydrogen) atoms. The van der Waals surface area contributed by atoms with Crippen molar-refractivity contribution < 1.29 is 32.6 Å². The molecule has 1 fully saturated rings. The molecule has 1 heterocycles. The second-order valence-corrected chi connectivity index (χ2v) is 4.32. The molecule has 1 aromatic carbocycles. The van der Waals surface area contributed by atoms with Crippen molar-refractivity contribution in [2.75, 3.05) is 25.0 Å². The highest BCUT2D eigenvalue weighted by molar-refractivity contribution is 5.90. The standard InChI is InChI=1S/C12H11F3N2O4/c13-6-3-7(14)10(8(15)4-6)16-12(20)17-1-2-21-9(5-17)11(18)19/h3-4,9H,1-2,5H2,(H,16,20)(H,18,19). The van der Waals surface area contributed by atoms with E-state index < -0.39 is 41.2 Å². The Kier molecular flexibility index (Phi) is 4.32. The molecule has 9 heteroatoms. The maximum Gasteiger partial charge on any atom is 0.334 e. The summed E-state index contributed by atoms with van der Waals surface area (Å²) < 4.78 is 44.5. The number of morpholine rings is 1. The molecule has 1 unspecified atom stereocenters. The maximum absolute atomic E-state index is 13.4. The molecule has 0 aromatic heterocycles. The molecule has 1 saturated heterocycles. The zero-order valence-corrected chi connectivity index (χ0v) is 10.6. The predicted molar refractivity (Wildman–Crippen MR) is 64.3 cm³/mol. The van der Waals surface area contributed by atoms with Crippen molar-refractivity contribution >= 4 is 17.7 Å². The first-order valence-corrected chi connectivity index (χ1v) is 5.93. The summed E-state index contributed by atoms with van der Waals surface area (Å²) in [5.41, 5.74) is -0.792. The minimum absolute atomic E-state index is 0.0151. The summed E-state index contributed by atoms with van der Waals surface area (Å²) in [6, 6.07) is -0.0372. The highest BCUT2D eigenvalue weighted by Crippen LogP contribution is 2.21. The number of urea groups is 1. The number of halogens is 3. The summed E-state index contributed by atoms with van der Waals surface area (Å²) in [7, 11) is 0. The minimum atomic E-state index is -1.26. The third kappa shape index (κ3) is 3.43.